The predicted octanol–water partition coefficient (Wildman–Crippen LogP) is 11.8. The molecule has 0 atom stereocenters. The molecule has 9 aromatic carbocycles. The minimum Gasteiger partial charge on any atom is -0.0687 e. The van der Waals surface area contributed by atoms with Gasteiger partial charge in [0, 0.05) is 5.41 Å². The lowest BCUT2D eigenvalue weighted by Gasteiger charge is -2.24. The van der Waals surface area contributed by atoms with E-state index in [2.05, 4.69) is 214 Å². The van der Waals surface area contributed by atoms with E-state index in [1.54, 1.807) is 0 Å². The summed E-state index contributed by atoms with van der Waals surface area (Å²) in [6.07, 6.45) is 4.61. The molecule has 0 amide bonds. The first kappa shape index (κ1) is 32.2. The van der Waals surface area contributed by atoms with Crippen LogP contribution in [0.3, 0.4) is 0 Å². The summed E-state index contributed by atoms with van der Waals surface area (Å²) in [5.74, 6) is 0. The van der Waals surface area contributed by atoms with Crippen LogP contribution in [-0.4, -0.2) is 6.71 Å². The first-order chi connectivity index (χ1) is 26.6. The van der Waals surface area contributed by atoms with Gasteiger partial charge in [0.2, 0.25) is 6.71 Å². The van der Waals surface area contributed by atoms with E-state index in [-0.39, 0.29) is 12.1 Å². The molecular formula is C53H39B. The molecule has 10 rings (SSSR count). The maximum atomic E-state index is 2.51. The van der Waals surface area contributed by atoms with E-state index in [9.17, 15) is 0 Å². The van der Waals surface area contributed by atoms with Crippen LogP contribution in [-0.2, 0) is 5.41 Å². The van der Waals surface area contributed by atoms with E-state index >= 15 is 0 Å². The van der Waals surface area contributed by atoms with Crippen molar-refractivity contribution in [2.24, 2.45) is 0 Å². The maximum absolute atomic E-state index is 2.51. The summed E-state index contributed by atoms with van der Waals surface area (Å²) in [4.78, 5) is 0. The van der Waals surface area contributed by atoms with Crippen LogP contribution in [0.1, 0.15) is 36.1 Å². The summed E-state index contributed by atoms with van der Waals surface area (Å²) in [6.45, 7) is 4.95. The minimum absolute atomic E-state index is 0.100. The van der Waals surface area contributed by atoms with Gasteiger partial charge in [-0.05, 0) is 82.9 Å². The molecule has 0 bridgehead atoms. The minimum atomic E-state index is -0.100. The molecule has 0 radical (unpaired) electrons. The first-order valence-corrected chi connectivity index (χ1v) is 19.1. The van der Waals surface area contributed by atoms with Crippen molar-refractivity contribution in [2.45, 2.75) is 19.3 Å². The topological polar surface area (TPSA) is 0 Å². The van der Waals surface area contributed by atoms with Crippen molar-refractivity contribution in [1.82, 2.24) is 0 Å². The third-order valence-corrected chi connectivity index (χ3v) is 11.8. The second-order valence-electron chi connectivity index (χ2n) is 15.2. The lowest BCUT2D eigenvalue weighted by molar-refractivity contribution is 0.661. The molecule has 0 nitrogen and oxygen atoms in total. The zero-order valence-corrected chi connectivity index (χ0v) is 30.6. The lowest BCUT2D eigenvalue weighted by atomic mass is 9.37. The second-order valence-corrected chi connectivity index (χ2v) is 15.2. The third kappa shape index (κ3) is 5.15. The maximum Gasteiger partial charge on any atom is 0.241 e. The van der Waals surface area contributed by atoms with Crippen molar-refractivity contribution in [3.8, 4) is 22.3 Å². The van der Waals surface area contributed by atoms with Crippen LogP contribution in [0.5, 0.6) is 0 Å². The van der Waals surface area contributed by atoms with Crippen LogP contribution in [0.4, 0.5) is 0 Å². The Bertz CT molecular complexity index is 2780. The van der Waals surface area contributed by atoms with Gasteiger partial charge in [-0.1, -0.05) is 224 Å². The Balaban J connectivity index is 1.12. The highest BCUT2D eigenvalue weighted by atomic mass is 14.4. The molecule has 0 aromatic heterocycles. The zero-order chi connectivity index (χ0) is 36.2. The van der Waals surface area contributed by atoms with Crippen molar-refractivity contribution < 1.29 is 0 Å². The van der Waals surface area contributed by atoms with Gasteiger partial charge in [0.1, 0.15) is 0 Å². The number of benzene rings is 9. The van der Waals surface area contributed by atoms with Gasteiger partial charge < -0.3 is 0 Å². The molecule has 0 unspecified atom stereocenters. The Morgan fingerprint density at radius 2 is 0.833 bits per heavy atom. The summed E-state index contributed by atoms with van der Waals surface area (Å²) in [6, 6.07) is 69.3. The largest absolute Gasteiger partial charge is 0.241 e. The molecule has 0 saturated carbocycles. The molecule has 0 saturated heterocycles. The standard InChI is InChI=1S/C53H39B/c1-53(2)49-28-16-15-27-47(49)52-46-26-14-11-23-42(46)48(35-50(52)53)51-44-24-12-9-21-40(44)43(41-22-10-13-25-45(41)51)34-31-36-29-32-39(33-30-36)54(37-17-5-3-6-18-37)38-19-7-4-8-20-38/h3-35H,1-2H3. The Hall–Kier alpha value is -6.44. The monoisotopic (exact) mass is 686 g/mol. The van der Waals surface area contributed by atoms with Crippen LogP contribution in [0.25, 0.3) is 66.7 Å². The van der Waals surface area contributed by atoms with Crippen LogP contribution >= 0.6 is 0 Å². The third-order valence-electron chi connectivity index (χ3n) is 11.8. The summed E-state index contributed by atoms with van der Waals surface area (Å²) in [7, 11) is 0. The average molecular weight is 687 g/mol. The summed E-state index contributed by atoms with van der Waals surface area (Å²) < 4.78 is 0. The second kappa shape index (κ2) is 12.9. The van der Waals surface area contributed by atoms with Gasteiger partial charge >= 0.3 is 0 Å². The molecule has 0 heterocycles. The fourth-order valence-electron chi connectivity index (χ4n) is 9.24. The molecule has 0 fully saturated rings. The Morgan fingerprint density at radius 1 is 0.370 bits per heavy atom. The average Bonchev–Trinajstić information content (AvgIpc) is 3.46. The van der Waals surface area contributed by atoms with Crippen molar-refractivity contribution in [1.29, 1.82) is 0 Å². The van der Waals surface area contributed by atoms with Crippen molar-refractivity contribution in [3.63, 3.8) is 0 Å². The van der Waals surface area contributed by atoms with Crippen LogP contribution in [0, 0.1) is 0 Å². The molecule has 1 aliphatic rings. The first-order valence-electron chi connectivity index (χ1n) is 19.1. The van der Waals surface area contributed by atoms with Gasteiger partial charge in [-0.15, -0.1) is 0 Å². The number of hydrogen-bond donors (Lipinski definition) is 0. The molecule has 0 spiro atoms. The van der Waals surface area contributed by atoms with Gasteiger partial charge in [0.05, 0.1) is 0 Å². The van der Waals surface area contributed by atoms with Gasteiger partial charge in [0.25, 0.3) is 0 Å². The molecule has 254 valence electrons. The lowest BCUT2D eigenvalue weighted by Crippen LogP contribution is -2.51. The number of rotatable bonds is 6. The quantitative estimate of drug-likeness (QED) is 0.0928. The zero-order valence-electron chi connectivity index (χ0n) is 30.6. The van der Waals surface area contributed by atoms with E-state index in [1.165, 1.54) is 93.2 Å². The Kier molecular flexibility index (Phi) is 7.70. The molecule has 1 heteroatoms. The molecule has 9 aromatic rings. The van der Waals surface area contributed by atoms with Gasteiger partial charge in [0.15, 0.2) is 0 Å². The Labute approximate surface area is 318 Å². The van der Waals surface area contributed by atoms with Gasteiger partial charge in [-0.2, -0.15) is 0 Å². The van der Waals surface area contributed by atoms with E-state index in [0.717, 1.165) is 0 Å². The fourth-order valence-corrected chi connectivity index (χ4v) is 9.24. The SMILES string of the molecule is CC1(C)c2ccccc2-c2c1cc(-c1c3ccccc3c(C=Cc3ccc(B(c4ccccc4)c4ccccc4)cc3)c3ccccc13)c1ccccc21. The predicted molar refractivity (Wildman–Crippen MR) is 235 cm³/mol. The van der Waals surface area contributed by atoms with Gasteiger partial charge in [-0.25, -0.2) is 0 Å². The van der Waals surface area contributed by atoms with Crippen molar-refractivity contribution in [2.75, 3.05) is 0 Å². The molecule has 1 aliphatic carbocycles. The summed E-state index contributed by atoms with van der Waals surface area (Å²) in [5, 5.41) is 7.70. The Morgan fingerprint density at radius 3 is 1.43 bits per heavy atom. The van der Waals surface area contributed by atoms with Crippen LogP contribution < -0.4 is 16.4 Å². The summed E-state index contributed by atoms with van der Waals surface area (Å²) in [5.41, 5.74) is 14.4. The van der Waals surface area contributed by atoms with E-state index in [0.29, 0.717) is 0 Å². The smallest absolute Gasteiger partial charge is 0.0687 e. The highest BCUT2D eigenvalue weighted by Gasteiger charge is 2.37. The highest BCUT2D eigenvalue weighted by molar-refractivity contribution is 6.95. The molecular weight excluding hydrogens is 647 g/mol. The van der Waals surface area contributed by atoms with Crippen LogP contribution in [0.2, 0.25) is 0 Å². The molecule has 0 aliphatic heterocycles. The summed E-state index contributed by atoms with van der Waals surface area (Å²) >= 11 is 0. The van der Waals surface area contributed by atoms with E-state index < -0.39 is 0 Å². The van der Waals surface area contributed by atoms with E-state index in [1.807, 2.05) is 0 Å². The van der Waals surface area contributed by atoms with Gasteiger partial charge in [-0.3, -0.25) is 0 Å². The van der Waals surface area contributed by atoms with E-state index in [4.69, 9.17) is 0 Å². The molecule has 0 N–H and O–H groups in total. The number of hydrogen-bond acceptors (Lipinski definition) is 0. The van der Waals surface area contributed by atoms with Crippen LogP contribution in [0.15, 0.2) is 188 Å². The number of fused-ring (bicyclic) bond motifs is 7. The molecule has 54 heavy (non-hydrogen) atoms. The highest BCUT2D eigenvalue weighted by Crippen LogP contribution is 2.54. The van der Waals surface area contributed by atoms with Crippen molar-refractivity contribution in [3.05, 3.63) is 210 Å². The van der Waals surface area contributed by atoms with Crippen molar-refractivity contribution >= 4 is 67.6 Å². The normalized spacial score (nSPS) is 13.1. The fraction of sp³-hybridized carbons (Fsp3) is 0.0566.